The maximum atomic E-state index is 10.8. The molecule has 0 aromatic heterocycles. The third kappa shape index (κ3) is 7.66. The Labute approximate surface area is 80.8 Å². The van der Waals surface area contributed by atoms with Crippen molar-refractivity contribution in [1.82, 2.24) is 0 Å². The highest BCUT2D eigenvalue weighted by atomic mass is 127. The Balaban J connectivity index is 3.43. The van der Waals surface area contributed by atoms with Gasteiger partial charge in [0.05, 0.1) is 0 Å². The Bertz CT molecular complexity index is 176. The van der Waals surface area contributed by atoms with Gasteiger partial charge in [0.2, 0.25) is 0 Å². The summed E-state index contributed by atoms with van der Waals surface area (Å²) in [7, 11) is 0. The lowest BCUT2D eigenvalue weighted by Crippen LogP contribution is -2.07. The second kappa shape index (κ2) is 6.47. The van der Waals surface area contributed by atoms with Crippen molar-refractivity contribution in [3.05, 3.63) is 0 Å². The van der Waals surface area contributed by atoms with Gasteiger partial charge in [-0.15, -0.1) is 0 Å². The van der Waals surface area contributed by atoms with Crippen molar-refractivity contribution in [2.24, 2.45) is 5.92 Å². The zero-order valence-electron chi connectivity index (χ0n) is 6.69. The molecule has 0 amide bonds. The number of ether oxygens (including phenoxy) is 1. The maximum absolute atomic E-state index is 10.8. The van der Waals surface area contributed by atoms with Crippen LogP contribution in [0.4, 0.5) is 0 Å². The molecule has 0 saturated heterocycles. The van der Waals surface area contributed by atoms with Crippen molar-refractivity contribution in [3.8, 4) is 9.85 Å². The van der Waals surface area contributed by atoms with Gasteiger partial charge in [-0.1, -0.05) is 19.8 Å². The average molecular weight is 266 g/mol. The predicted octanol–water partition coefficient (Wildman–Crippen LogP) is 1.97. The summed E-state index contributed by atoms with van der Waals surface area (Å²) in [5.74, 6) is 2.84. The summed E-state index contributed by atoms with van der Waals surface area (Å²) in [5.41, 5.74) is 0. The molecule has 0 fully saturated rings. The summed E-state index contributed by atoms with van der Waals surface area (Å²) in [4.78, 5) is 10.8. The molecule has 3 heteroatoms. The van der Waals surface area contributed by atoms with Gasteiger partial charge in [0.1, 0.15) is 0 Å². The van der Waals surface area contributed by atoms with E-state index in [1.807, 2.05) is 36.4 Å². The van der Waals surface area contributed by atoms with Crippen LogP contribution in [0.25, 0.3) is 0 Å². The highest BCUT2D eigenvalue weighted by molar-refractivity contribution is 14.1. The highest BCUT2D eigenvalue weighted by Gasteiger charge is 2.03. The summed E-state index contributed by atoms with van der Waals surface area (Å²) in [6.45, 7) is 4.17. The Hall–Kier alpha value is -0.240. The lowest BCUT2D eigenvalue weighted by Gasteiger charge is -2.02. The molecular formula is C8H11IO2. The van der Waals surface area contributed by atoms with Crippen molar-refractivity contribution in [3.63, 3.8) is 0 Å². The van der Waals surface area contributed by atoms with Gasteiger partial charge in [0.15, 0.2) is 6.61 Å². The van der Waals surface area contributed by atoms with Gasteiger partial charge in [0, 0.05) is 29.0 Å². The second-order valence-electron chi connectivity index (χ2n) is 2.53. The monoisotopic (exact) mass is 266 g/mol. The largest absolute Gasteiger partial charge is 0.452 e. The molecule has 62 valence electrons. The zero-order chi connectivity index (χ0) is 8.69. The van der Waals surface area contributed by atoms with E-state index in [0.717, 1.165) is 0 Å². The number of hydrogen-bond acceptors (Lipinski definition) is 2. The Kier molecular flexibility index (Phi) is 6.33. The van der Waals surface area contributed by atoms with Crippen LogP contribution in [-0.4, -0.2) is 12.6 Å². The third-order valence-electron chi connectivity index (χ3n) is 0.947. The van der Waals surface area contributed by atoms with E-state index in [9.17, 15) is 4.79 Å². The van der Waals surface area contributed by atoms with Crippen LogP contribution in [0.15, 0.2) is 0 Å². The fourth-order valence-corrected chi connectivity index (χ4v) is 0.692. The fraction of sp³-hybridized carbons (Fsp3) is 0.625. The van der Waals surface area contributed by atoms with Gasteiger partial charge in [-0.2, -0.15) is 0 Å². The highest BCUT2D eigenvalue weighted by Crippen LogP contribution is 2.00. The number of esters is 1. The molecular weight excluding hydrogens is 255 g/mol. The summed E-state index contributed by atoms with van der Waals surface area (Å²) in [6.07, 6.45) is 0.475. The molecule has 0 heterocycles. The average Bonchev–Trinajstić information content (AvgIpc) is 1.86. The first-order valence-electron chi connectivity index (χ1n) is 3.41. The number of halogens is 1. The van der Waals surface area contributed by atoms with Crippen LogP contribution in [0.1, 0.15) is 20.3 Å². The van der Waals surface area contributed by atoms with E-state index >= 15 is 0 Å². The van der Waals surface area contributed by atoms with Crippen molar-refractivity contribution < 1.29 is 9.53 Å². The molecule has 0 aromatic carbocycles. The minimum atomic E-state index is -0.167. The quantitative estimate of drug-likeness (QED) is 0.443. The summed E-state index contributed by atoms with van der Waals surface area (Å²) >= 11 is 1.91. The molecule has 0 unspecified atom stereocenters. The molecule has 11 heavy (non-hydrogen) atoms. The topological polar surface area (TPSA) is 26.3 Å². The van der Waals surface area contributed by atoms with Gasteiger partial charge in [0.25, 0.3) is 0 Å². The minimum Gasteiger partial charge on any atom is -0.452 e. The number of rotatable bonds is 3. The molecule has 0 aliphatic heterocycles. The van der Waals surface area contributed by atoms with E-state index in [0.29, 0.717) is 12.3 Å². The molecule has 0 saturated carbocycles. The molecule has 0 bridgehead atoms. The van der Waals surface area contributed by atoms with E-state index in [-0.39, 0.29) is 12.6 Å². The number of carbonyl (C=O) groups is 1. The zero-order valence-corrected chi connectivity index (χ0v) is 8.84. The fourth-order valence-electron chi connectivity index (χ4n) is 0.536. The normalized spacial score (nSPS) is 8.73. The smallest absolute Gasteiger partial charge is 0.307 e. The van der Waals surface area contributed by atoms with Crippen molar-refractivity contribution in [2.75, 3.05) is 6.61 Å². The lowest BCUT2D eigenvalue weighted by atomic mass is 10.1. The second-order valence-corrected chi connectivity index (χ2v) is 3.07. The van der Waals surface area contributed by atoms with Crippen molar-refractivity contribution in [1.29, 1.82) is 0 Å². The first kappa shape index (κ1) is 10.8. The van der Waals surface area contributed by atoms with Gasteiger partial charge >= 0.3 is 5.97 Å². The lowest BCUT2D eigenvalue weighted by molar-refractivity contribution is -0.143. The van der Waals surface area contributed by atoms with Crippen molar-refractivity contribution >= 4 is 28.6 Å². The summed E-state index contributed by atoms with van der Waals surface area (Å²) in [6, 6.07) is 0. The minimum absolute atomic E-state index is 0.167. The van der Waals surface area contributed by atoms with E-state index < -0.39 is 0 Å². The molecule has 2 nitrogen and oxygen atoms in total. The van der Waals surface area contributed by atoms with Gasteiger partial charge in [-0.05, 0) is 9.85 Å². The van der Waals surface area contributed by atoms with Crippen LogP contribution in [-0.2, 0) is 9.53 Å². The van der Waals surface area contributed by atoms with E-state index in [1.54, 1.807) is 0 Å². The van der Waals surface area contributed by atoms with Crippen LogP contribution in [0.3, 0.4) is 0 Å². The van der Waals surface area contributed by atoms with E-state index in [4.69, 9.17) is 4.74 Å². The maximum Gasteiger partial charge on any atom is 0.307 e. The van der Waals surface area contributed by atoms with Gasteiger partial charge in [-0.3, -0.25) is 4.79 Å². The Morgan fingerprint density at radius 1 is 1.64 bits per heavy atom. The SMILES string of the molecule is CC(C)CC(=O)OCC#CI. The number of hydrogen-bond donors (Lipinski definition) is 0. The van der Waals surface area contributed by atoms with Crippen LogP contribution in [0.5, 0.6) is 0 Å². The number of carbonyl (C=O) groups excluding carboxylic acids is 1. The Morgan fingerprint density at radius 3 is 2.73 bits per heavy atom. The van der Waals surface area contributed by atoms with Gasteiger partial charge in [-0.25, -0.2) is 0 Å². The molecule has 0 aliphatic carbocycles. The van der Waals surface area contributed by atoms with Crippen LogP contribution < -0.4 is 0 Å². The van der Waals surface area contributed by atoms with Crippen LogP contribution in [0.2, 0.25) is 0 Å². The predicted molar refractivity (Wildman–Crippen MR) is 52.2 cm³/mol. The van der Waals surface area contributed by atoms with Gasteiger partial charge < -0.3 is 4.74 Å². The molecule has 0 spiro atoms. The molecule has 0 aliphatic rings. The molecule has 0 rings (SSSR count). The first-order valence-corrected chi connectivity index (χ1v) is 4.48. The standard InChI is InChI=1S/C8H11IO2/c1-7(2)6-8(10)11-5-3-4-9/h7H,5-6H2,1-2H3. The van der Waals surface area contributed by atoms with Crippen LogP contribution >= 0.6 is 22.6 Å². The van der Waals surface area contributed by atoms with Crippen LogP contribution in [0, 0.1) is 15.8 Å². The van der Waals surface area contributed by atoms with Crippen molar-refractivity contribution in [2.45, 2.75) is 20.3 Å². The molecule has 0 atom stereocenters. The van der Waals surface area contributed by atoms with E-state index in [2.05, 4.69) is 9.85 Å². The summed E-state index contributed by atoms with van der Waals surface area (Å²) < 4.78 is 7.40. The first-order chi connectivity index (χ1) is 5.16. The molecule has 0 aromatic rings. The summed E-state index contributed by atoms with van der Waals surface area (Å²) in [5, 5.41) is 0. The molecule has 0 N–H and O–H groups in total. The molecule has 0 radical (unpaired) electrons. The Morgan fingerprint density at radius 2 is 2.27 bits per heavy atom. The third-order valence-corrected chi connectivity index (χ3v) is 1.33. The van der Waals surface area contributed by atoms with E-state index in [1.165, 1.54) is 0 Å².